The normalized spacial score (nSPS) is 12.4. The van der Waals surface area contributed by atoms with E-state index in [2.05, 4.69) is 20.0 Å². The summed E-state index contributed by atoms with van der Waals surface area (Å²) in [6.45, 7) is 11.0. The highest BCUT2D eigenvalue weighted by molar-refractivity contribution is 6.79. The number of hydrogen-bond donors (Lipinski definition) is 0. The predicted octanol–water partition coefficient (Wildman–Crippen LogP) is 6.39. The lowest BCUT2D eigenvalue weighted by Crippen LogP contribution is -2.50. The van der Waals surface area contributed by atoms with E-state index < -0.39 is 17.1 Å². The molecule has 1 aromatic rings. The fraction of sp³-hybridized carbons (Fsp3) is 0.684. The van der Waals surface area contributed by atoms with Gasteiger partial charge in [0, 0.05) is 12.7 Å². The van der Waals surface area contributed by atoms with Crippen molar-refractivity contribution in [3.8, 4) is 5.75 Å². The van der Waals surface area contributed by atoms with Crippen LogP contribution in [0.5, 0.6) is 5.75 Å². The fourth-order valence-electron chi connectivity index (χ4n) is 2.83. The van der Waals surface area contributed by atoms with Crippen LogP contribution in [0.15, 0.2) is 24.3 Å². The Morgan fingerprint density at radius 3 is 2.16 bits per heavy atom. The highest BCUT2D eigenvalue weighted by atomic mass is 28.5. The minimum atomic E-state index is -2.42. The molecular weight excluding hydrogens is 351 g/mol. The molecule has 0 heterocycles. The van der Waals surface area contributed by atoms with Crippen LogP contribution in [0.1, 0.15) is 51.9 Å². The number of rotatable bonds is 13. The van der Waals surface area contributed by atoms with Crippen molar-refractivity contribution in [2.24, 2.45) is 0 Å². The monoisotopic (exact) mass is 386 g/mol. The molecule has 0 saturated heterocycles. The molecule has 144 valence electrons. The zero-order chi connectivity index (χ0) is 18.8. The van der Waals surface area contributed by atoms with Crippen LogP contribution >= 0.6 is 0 Å². The molecule has 1 rings (SSSR count). The van der Waals surface area contributed by atoms with Crippen LogP contribution < -0.4 is 4.43 Å². The Bertz CT molecular complexity index is 495. The van der Waals surface area contributed by atoms with E-state index in [0.29, 0.717) is 5.75 Å². The first-order chi connectivity index (χ1) is 11.7. The summed E-state index contributed by atoms with van der Waals surface area (Å²) >= 11 is 0. The van der Waals surface area contributed by atoms with Gasteiger partial charge in [-0.3, -0.25) is 0 Å². The van der Waals surface area contributed by atoms with Gasteiger partial charge in [-0.15, -0.1) is 0 Å². The van der Waals surface area contributed by atoms with Gasteiger partial charge in [-0.05, 0) is 44.7 Å². The zero-order valence-corrected chi connectivity index (χ0v) is 18.6. The molecule has 0 radical (unpaired) electrons. The van der Waals surface area contributed by atoms with E-state index in [-0.39, 0.29) is 5.82 Å². The van der Waals surface area contributed by atoms with Crippen LogP contribution in [-0.2, 0) is 8.54 Å². The Labute approximate surface area is 155 Å². The van der Waals surface area contributed by atoms with E-state index in [9.17, 15) is 4.39 Å². The molecule has 0 aliphatic carbocycles. The molecular formula is C19H35FO3Si2. The number of unbranched alkanes of at least 4 members (excludes halogenated alkanes) is 6. The van der Waals surface area contributed by atoms with Crippen molar-refractivity contribution in [3.05, 3.63) is 30.1 Å². The van der Waals surface area contributed by atoms with Gasteiger partial charge in [0.1, 0.15) is 11.6 Å². The zero-order valence-electron chi connectivity index (χ0n) is 16.6. The summed E-state index contributed by atoms with van der Waals surface area (Å²) in [6, 6.07) is 6.21. The van der Waals surface area contributed by atoms with E-state index in [4.69, 9.17) is 13.0 Å². The molecule has 0 aliphatic rings. The van der Waals surface area contributed by atoms with E-state index in [1.54, 1.807) is 12.1 Å². The van der Waals surface area contributed by atoms with Gasteiger partial charge in [-0.1, -0.05) is 51.5 Å². The SMILES string of the molecule is CCCCCCCCCO[Si](C)(C)O[Si](C)(C)Oc1cccc(F)c1. The fourth-order valence-corrected chi connectivity index (χ4v) is 9.30. The summed E-state index contributed by atoms with van der Waals surface area (Å²) in [5.74, 6) is 0.225. The van der Waals surface area contributed by atoms with Crippen LogP contribution in [0.2, 0.25) is 26.2 Å². The Kier molecular flexibility index (Phi) is 9.93. The van der Waals surface area contributed by atoms with Gasteiger partial charge in [0.15, 0.2) is 0 Å². The van der Waals surface area contributed by atoms with E-state index in [0.717, 1.165) is 13.0 Å². The average molecular weight is 387 g/mol. The lowest BCUT2D eigenvalue weighted by molar-refractivity contribution is 0.224. The Balaban J connectivity index is 2.30. The molecule has 0 atom stereocenters. The van der Waals surface area contributed by atoms with Crippen molar-refractivity contribution in [3.63, 3.8) is 0 Å². The van der Waals surface area contributed by atoms with Crippen molar-refractivity contribution in [2.75, 3.05) is 6.61 Å². The van der Waals surface area contributed by atoms with Crippen LogP contribution in [0.3, 0.4) is 0 Å². The minimum absolute atomic E-state index is 0.297. The second-order valence-corrected chi connectivity index (χ2v) is 14.3. The van der Waals surface area contributed by atoms with Crippen LogP contribution in [-0.4, -0.2) is 23.7 Å². The average Bonchev–Trinajstić information content (AvgIpc) is 2.48. The highest BCUT2D eigenvalue weighted by Crippen LogP contribution is 2.22. The molecule has 6 heteroatoms. The Morgan fingerprint density at radius 1 is 0.880 bits per heavy atom. The standard InChI is InChI=1S/C19H35FO3Si2/c1-6-7-8-9-10-11-12-16-21-24(2,3)23-25(4,5)22-19-15-13-14-18(20)17-19/h13-15,17H,6-12,16H2,1-5H3. The van der Waals surface area contributed by atoms with Crippen molar-refractivity contribution >= 4 is 17.1 Å². The van der Waals surface area contributed by atoms with Crippen molar-refractivity contribution in [1.29, 1.82) is 0 Å². The molecule has 0 unspecified atom stereocenters. The molecule has 0 spiro atoms. The third-order valence-electron chi connectivity index (χ3n) is 3.85. The van der Waals surface area contributed by atoms with Crippen molar-refractivity contribution in [2.45, 2.75) is 78.1 Å². The lowest BCUT2D eigenvalue weighted by atomic mass is 10.1. The first kappa shape index (κ1) is 22.3. The van der Waals surface area contributed by atoms with Gasteiger partial charge >= 0.3 is 17.1 Å². The molecule has 0 bridgehead atoms. The predicted molar refractivity (Wildman–Crippen MR) is 107 cm³/mol. The summed E-state index contributed by atoms with van der Waals surface area (Å²) < 4.78 is 31.5. The molecule has 0 amide bonds. The van der Waals surface area contributed by atoms with Crippen molar-refractivity contribution < 1.29 is 17.4 Å². The first-order valence-corrected chi connectivity index (χ1v) is 15.2. The molecule has 0 aliphatic heterocycles. The maximum absolute atomic E-state index is 13.3. The molecule has 0 N–H and O–H groups in total. The number of hydrogen-bond acceptors (Lipinski definition) is 3. The van der Waals surface area contributed by atoms with Gasteiger partial charge in [0.25, 0.3) is 0 Å². The van der Waals surface area contributed by atoms with Gasteiger partial charge in [-0.25, -0.2) is 4.39 Å². The number of halogens is 1. The second kappa shape index (κ2) is 11.1. The summed E-state index contributed by atoms with van der Waals surface area (Å²) in [6.07, 6.45) is 8.89. The van der Waals surface area contributed by atoms with Gasteiger partial charge in [-0.2, -0.15) is 0 Å². The van der Waals surface area contributed by atoms with E-state index >= 15 is 0 Å². The largest absolute Gasteiger partial charge is 0.521 e. The summed E-state index contributed by atoms with van der Waals surface area (Å²) in [5.41, 5.74) is 0. The third kappa shape index (κ3) is 10.8. The lowest BCUT2D eigenvalue weighted by Gasteiger charge is -2.32. The molecule has 0 fully saturated rings. The quantitative estimate of drug-likeness (QED) is 0.290. The third-order valence-corrected chi connectivity index (χ3v) is 9.41. The maximum atomic E-state index is 13.3. The van der Waals surface area contributed by atoms with Gasteiger partial charge < -0.3 is 13.0 Å². The molecule has 0 aromatic heterocycles. The van der Waals surface area contributed by atoms with Crippen LogP contribution in [0.25, 0.3) is 0 Å². The topological polar surface area (TPSA) is 27.7 Å². The Morgan fingerprint density at radius 2 is 1.52 bits per heavy atom. The number of benzene rings is 1. The first-order valence-electron chi connectivity index (χ1n) is 9.53. The second-order valence-electron chi connectivity index (χ2n) is 7.43. The summed E-state index contributed by atoms with van der Waals surface area (Å²) in [5, 5.41) is 0. The molecule has 25 heavy (non-hydrogen) atoms. The minimum Gasteiger partial charge on any atom is -0.521 e. The van der Waals surface area contributed by atoms with Gasteiger partial charge in [0.2, 0.25) is 0 Å². The van der Waals surface area contributed by atoms with Crippen LogP contribution in [0, 0.1) is 5.82 Å². The van der Waals surface area contributed by atoms with Crippen molar-refractivity contribution in [1.82, 2.24) is 0 Å². The van der Waals surface area contributed by atoms with Gasteiger partial charge in [0.05, 0.1) is 0 Å². The summed E-state index contributed by atoms with van der Waals surface area (Å²) in [4.78, 5) is 0. The molecule has 0 saturated carbocycles. The molecule has 3 nitrogen and oxygen atoms in total. The smallest absolute Gasteiger partial charge is 0.383 e. The highest BCUT2D eigenvalue weighted by Gasteiger charge is 2.37. The molecule has 1 aromatic carbocycles. The van der Waals surface area contributed by atoms with E-state index in [1.165, 1.54) is 50.7 Å². The maximum Gasteiger partial charge on any atom is 0.383 e. The Hall–Kier alpha value is -0.696. The van der Waals surface area contributed by atoms with E-state index in [1.807, 2.05) is 13.1 Å². The van der Waals surface area contributed by atoms with Crippen LogP contribution in [0.4, 0.5) is 4.39 Å². The summed E-state index contributed by atoms with van der Waals surface area (Å²) in [7, 11) is -4.67.